The Hall–Kier alpha value is -2.79. The third-order valence-electron chi connectivity index (χ3n) is 5.20. The lowest BCUT2D eigenvalue weighted by Gasteiger charge is -2.24. The van der Waals surface area contributed by atoms with Gasteiger partial charge in [0.25, 0.3) is 5.91 Å². The molecular weight excluding hydrogens is 328 g/mol. The van der Waals surface area contributed by atoms with E-state index < -0.39 is 0 Å². The minimum absolute atomic E-state index is 0.116. The number of ketones is 2. The van der Waals surface area contributed by atoms with Crippen LogP contribution in [0.2, 0.25) is 0 Å². The van der Waals surface area contributed by atoms with E-state index in [0.717, 1.165) is 25.9 Å². The van der Waals surface area contributed by atoms with Crippen LogP contribution >= 0.6 is 0 Å². The number of carbonyl (C=O) groups is 3. The Morgan fingerprint density at radius 3 is 2.23 bits per heavy atom. The van der Waals surface area contributed by atoms with Gasteiger partial charge in [0.1, 0.15) is 0 Å². The van der Waals surface area contributed by atoms with Crippen LogP contribution in [0.5, 0.6) is 0 Å². The van der Waals surface area contributed by atoms with Crippen molar-refractivity contribution in [3.8, 4) is 0 Å². The van der Waals surface area contributed by atoms with E-state index in [-0.39, 0.29) is 17.5 Å². The van der Waals surface area contributed by atoms with Crippen LogP contribution in [0.3, 0.4) is 0 Å². The van der Waals surface area contributed by atoms with Gasteiger partial charge in [0.05, 0.1) is 24.3 Å². The molecule has 1 aliphatic carbocycles. The topological polar surface area (TPSA) is 67.7 Å². The number of anilines is 1. The first kappa shape index (κ1) is 16.7. The highest BCUT2D eigenvalue weighted by atomic mass is 16.2. The van der Waals surface area contributed by atoms with E-state index in [2.05, 4.69) is 5.32 Å². The summed E-state index contributed by atoms with van der Waals surface area (Å²) in [4.78, 5) is 39.4. The number of likely N-dealkylation sites (tertiary alicyclic amines) is 1. The summed E-state index contributed by atoms with van der Waals surface area (Å²) in [6.07, 6.45) is 3.52. The first-order chi connectivity index (χ1) is 12.6. The molecule has 0 spiro atoms. The molecule has 0 unspecified atom stereocenters. The zero-order chi connectivity index (χ0) is 18.1. The monoisotopic (exact) mass is 349 g/mol. The molecule has 0 atom stereocenters. The Bertz CT molecular complexity index is 898. The maximum Gasteiger partial charge on any atom is 0.279 e. The quantitative estimate of drug-likeness (QED) is 0.752. The summed E-state index contributed by atoms with van der Waals surface area (Å²) in [5.41, 5.74) is 1.91. The Balaban J connectivity index is 1.62. The van der Waals surface area contributed by atoms with Crippen LogP contribution in [-0.2, 0) is 4.79 Å². The van der Waals surface area contributed by atoms with E-state index >= 15 is 0 Å². The molecule has 5 nitrogen and oxygen atoms in total. The molecule has 4 rings (SSSR count). The Labute approximate surface area is 152 Å². The zero-order valence-electron chi connectivity index (χ0n) is 14.5. The summed E-state index contributed by atoms with van der Waals surface area (Å²) in [7, 11) is 0. The first-order valence-corrected chi connectivity index (χ1v) is 9.10. The summed E-state index contributed by atoms with van der Waals surface area (Å²) >= 11 is 0. The van der Waals surface area contributed by atoms with Crippen molar-refractivity contribution in [2.75, 3.05) is 25.0 Å². The van der Waals surface area contributed by atoms with E-state index in [0.29, 0.717) is 34.5 Å². The number of fused-ring (bicyclic) bond motifs is 2. The third-order valence-corrected chi connectivity index (χ3v) is 5.20. The van der Waals surface area contributed by atoms with Crippen molar-refractivity contribution in [1.82, 2.24) is 0 Å². The lowest BCUT2D eigenvalue weighted by molar-refractivity contribution is -0.896. The predicted octanol–water partition coefficient (Wildman–Crippen LogP) is 1.47. The molecule has 1 fully saturated rings. The van der Waals surface area contributed by atoms with Gasteiger partial charge in [-0.25, -0.2) is 0 Å². The van der Waals surface area contributed by atoms with Crippen molar-refractivity contribution in [3.05, 3.63) is 64.7 Å². The van der Waals surface area contributed by atoms with Crippen LogP contribution < -0.4 is 10.2 Å². The smallest absolute Gasteiger partial charge is 0.279 e. The number of hydrogen-bond donors (Lipinski definition) is 2. The van der Waals surface area contributed by atoms with E-state index in [9.17, 15) is 14.4 Å². The number of nitrogens with one attached hydrogen (secondary N) is 2. The van der Waals surface area contributed by atoms with Gasteiger partial charge < -0.3 is 10.2 Å². The molecule has 2 aliphatic rings. The summed E-state index contributed by atoms with van der Waals surface area (Å²) in [5, 5.41) is 2.87. The fourth-order valence-electron chi connectivity index (χ4n) is 3.90. The molecule has 0 bridgehead atoms. The molecule has 2 N–H and O–H groups in total. The minimum Gasteiger partial charge on any atom is -0.327 e. The molecule has 1 amide bonds. The van der Waals surface area contributed by atoms with Gasteiger partial charge in [0, 0.05) is 16.7 Å². The van der Waals surface area contributed by atoms with Crippen molar-refractivity contribution in [1.29, 1.82) is 0 Å². The number of benzene rings is 2. The number of amides is 1. The van der Waals surface area contributed by atoms with Gasteiger partial charge in [-0.05, 0) is 25.3 Å². The van der Waals surface area contributed by atoms with Gasteiger partial charge in [-0.15, -0.1) is 0 Å². The number of hydrogen-bond acceptors (Lipinski definition) is 3. The van der Waals surface area contributed by atoms with E-state index in [1.54, 1.807) is 42.5 Å². The Morgan fingerprint density at radius 2 is 1.50 bits per heavy atom. The van der Waals surface area contributed by atoms with E-state index in [1.807, 2.05) is 0 Å². The molecular formula is C21H21N2O3+. The Kier molecular flexibility index (Phi) is 4.39. The number of rotatable bonds is 3. The first-order valence-electron chi connectivity index (χ1n) is 9.10. The number of piperidine rings is 1. The van der Waals surface area contributed by atoms with E-state index in [1.165, 1.54) is 11.3 Å². The van der Waals surface area contributed by atoms with Gasteiger partial charge in [0.2, 0.25) is 0 Å². The summed E-state index contributed by atoms with van der Waals surface area (Å²) in [6, 6.07) is 11.9. The van der Waals surface area contributed by atoms with Crippen molar-refractivity contribution < 1.29 is 19.3 Å². The fraction of sp³-hybridized carbons (Fsp3) is 0.286. The van der Waals surface area contributed by atoms with Crippen molar-refractivity contribution in [3.63, 3.8) is 0 Å². The SMILES string of the molecule is O=C(C[NH+]1CCCCC1)Nc1cccc2c1C(=O)c1ccccc1C2=O. The zero-order valence-corrected chi connectivity index (χ0v) is 14.5. The van der Waals surface area contributed by atoms with Gasteiger partial charge in [-0.1, -0.05) is 36.4 Å². The average molecular weight is 349 g/mol. The van der Waals surface area contributed by atoms with Crippen LogP contribution in [-0.4, -0.2) is 37.1 Å². The van der Waals surface area contributed by atoms with Gasteiger partial charge in [0.15, 0.2) is 18.1 Å². The number of quaternary nitrogens is 1. The molecule has 0 saturated carbocycles. The molecule has 132 valence electrons. The maximum atomic E-state index is 12.9. The molecule has 2 aromatic carbocycles. The second-order valence-corrected chi connectivity index (χ2v) is 6.97. The van der Waals surface area contributed by atoms with Crippen LogP contribution in [0, 0.1) is 0 Å². The third kappa shape index (κ3) is 2.95. The van der Waals surface area contributed by atoms with Crippen molar-refractivity contribution in [2.24, 2.45) is 0 Å². The minimum atomic E-state index is -0.212. The molecule has 2 aromatic rings. The molecule has 0 radical (unpaired) electrons. The highest BCUT2D eigenvalue weighted by Gasteiger charge is 2.31. The lowest BCUT2D eigenvalue weighted by Crippen LogP contribution is -3.13. The van der Waals surface area contributed by atoms with Crippen LogP contribution in [0.25, 0.3) is 0 Å². The molecule has 0 aromatic heterocycles. The average Bonchev–Trinajstić information content (AvgIpc) is 2.67. The summed E-state index contributed by atoms with van der Waals surface area (Å²) in [6.45, 7) is 2.40. The number of carbonyl (C=O) groups excluding carboxylic acids is 3. The molecule has 26 heavy (non-hydrogen) atoms. The van der Waals surface area contributed by atoms with Gasteiger partial charge in [-0.3, -0.25) is 14.4 Å². The standard InChI is InChI=1S/C21H20N2O3/c24-18(13-23-11-4-1-5-12-23)22-17-10-6-9-16-19(17)21(26)15-8-3-2-7-14(15)20(16)25/h2-3,6-10H,1,4-5,11-13H2,(H,22,24)/p+1. The van der Waals surface area contributed by atoms with Crippen molar-refractivity contribution in [2.45, 2.75) is 19.3 Å². The summed E-state index contributed by atoms with van der Waals surface area (Å²) < 4.78 is 0. The second kappa shape index (κ2) is 6.84. The maximum absolute atomic E-state index is 12.9. The van der Waals surface area contributed by atoms with Crippen molar-refractivity contribution >= 4 is 23.2 Å². The van der Waals surface area contributed by atoms with Gasteiger partial charge in [-0.2, -0.15) is 0 Å². The van der Waals surface area contributed by atoms with Gasteiger partial charge >= 0.3 is 0 Å². The molecule has 1 heterocycles. The highest BCUT2D eigenvalue weighted by molar-refractivity contribution is 6.30. The molecule has 5 heteroatoms. The molecule has 1 saturated heterocycles. The second-order valence-electron chi connectivity index (χ2n) is 6.97. The highest BCUT2D eigenvalue weighted by Crippen LogP contribution is 2.31. The summed E-state index contributed by atoms with van der Waals surface area (Å²) in [5.74, 6) is -0.501. The molecule has 1 aliphatic heterocycles. The van der Waals surface area contributed by atoms with Crippen LogP contribution in [0.15, 0.2) is 42.5 Å². The predicted molar refractivity (Wildman–Crippen MR) is 97.8 cm³/mol. The fourth-order valence-corrected chi connectivity index (χ4v) is 3.90. The van der Waals surface area contributed by atoms with Crippen LogP contribution in [0.4, 0.5) is 5.69 Å². The largest absolute Gasteiger partial charge is 0.327 e. The van der Waals surface area contributed by atoms with E-state index in [4.69, 9.17) is 0 Å². The van der Waals surface area contributed by atoms with Crippen LogP contribution in [0.1, 0.15) is 51.1 Å². The normalized spacial score (nSPS) is 16.8. The lowest BCUT2D eigenvalue weighted by atomic mass is 9.83. The Morgan fingerprint density at radius 1 is 0.846 bits per heavy atom.